The number of carboxylic acid groups (broad SMARTS) is 1. The largest absolute Gasteiger partial charge is 0.483 e. The van der Waals surface area contributed by atoms with Crippen LogP contribution in [0.1, 0.15) is 36.1 Å². The summed E-state index contributed by atoms with van der Waals surface area (Å²) in [4.78, 5) is 61.1. The van der Waals surface area contributed by atoms with Gasteiger partial charge in [0, 0.05) is 31.3 Å². The first-order chi connectivity index (χ1) is 14.8. The van der Waals surface area contributed by atoms with Crippen LogP contribution >= 0.6 is 0 Å². The van der Waals surface area contributed by atoms with E-state index in [0.717, 1.165) is 6.07 Å². The smallest absolute Gasteiger partial charge is 0.290 e. The van der Waals surface area contributed by atoms with Gasteiger partial charge in [0.15, 0.2) is 11.2 Å². The fourth-order valence-electron chi connectivity index (χ4n) is 4.24. The summed E-state index contributed by atoms with van der Waals surface area (Å²) < 4.78 is 5.36. The number of aliphatic hydroxyl groups excluding tert-OH is 1. The Kier molecular flexibility index (Phi) is 8.31. The Labute approximate surface area is 178 Å². The molecular formula is C20H27N3O8. The van der Waals surface area contributed by atoms with Crippen molar-refractivity contribution in [1.82, 2.24) is 15.1 Å². The van der Waals surface area contributed by atoms with Gasteiger partial charge in [-0.15, -0.1) is 0 Å². The summed E-state index contributed by atoms with van der Waals surface area (Å²) in [5, 5.41) is 18.5. The Morgan fingerprint density at radius 1 is 1.32 bits per heavy atom. The van der Waals surface area contributed by atoms with Gasteiger partial charge in [-0.05, 0) is 19.8 Å². The van der Waals surface area contributed by atoms with Gasteiger partial charge in [0.1, 0.15) is 12.3 Å². The lowest BCUT2D eigenvalue weighted by atomic mass is 9.96. The molecule has 0 aromatic carbocycles. The van der Waals surface area contributed by atoms with Crippen molar-refractivity contribution in [2.75, 3.05) is 26.2 Å². The normalized spacial score (nSPS) is 22.3. The summed E-state index contributed by atoms with van der Waals surface area (Å²) in [5.41, 5.74) is -0.329. The Morgan fingerprint density at radius 2 is 2.00 bits per heavy atom. The Morgan fingerprint density at radius 3 is 2.58 bits per heavy atom. The average Bonchev–Trinajstić information content (AvgIpc) is 3.10. The molecule has 0 bridgehead atoms. The third kappa shape index (κ3) is 5.48. The second kappa shape index (κ2) is 10.7. The zero-order valence-corrected chi connectivity index (χ0v) is 17.4. The zero-order chi connectivity index (χ0) is 23.1. The summed E-state index contributed by atoms with van der Waals surface area (Å²) in [7, 11) is 0. The van der Waals surface area contributed by atoms with Crippen LogP contribution in [-0.2, 0) is 14.4 Å². The molecule has 0 radical (unpaired) electrons. The number of fused-ring (bicyclic) bond motifs is 1. The maximum atomic E-state index is 12.8. The maximum Gasteiger partial charge on any atom is 0.290 e. The molecule has 3 atom stereocenters. The van der Waals surface area contributed by atoms with Gasteiger partial charge in [0.2, 0.25) is 11.8 Å². The fourth-order valence-corrected chi connectivity index (χ4v) is 4.24. The third-order valence-corrected chi connectivity index (χ3v) is 5.34. The van der Waals surface area contributed by atoms with Crippen LogP contribution in [0.4, 0.5) is 0 Å². The lowest BCUT2D eigenvalue weighted by Crippen LogP contribution is -2.57. The number of carbonyl (C=O) groups is 4. The maximum absolute atomic E-state index is 12.8. The van der Waals surface area contributed by atoms with Crippen LogP contribution in [0, 0.1) is 12.8 Å². The highest BCUT2D eigenvalue weighted by molar-refractivity contribution is 5.95. The summed E-state index contributed by atoms with van der Waals surface area (Å²) in [6.45, 7) is 3.44. The molecule has 3 heterocycles. The molecule has 2 saturated heterocycles. The molecule has 1 aromatic heterocycles. The average molecular weight is 437 g/mol. The molecule has 0 unspecified atom stereocenters. The summed E-state index contributed by atoms with van der Waals surface area (Å²) in [6, 6.07) is 1.92. The number of rotatable bonds is 5. The highest BCUT2D eigenvalue weighted by Gasteiger charge is 2.49. The number of aliphatic hydroxyl groups is 1. The van der Waals surface area contributed by atoms with Crippen LogP contribution in [0.2, 0.25) is 0 Å². The van der Waals surface area contributed by atoms with E-state index in [1.54, 1.807) is 11.8 Å². The molecule has 1 aromatic rings. The number of hydrogen-bond donors (Lipinski definition) is 3. The van der Waals surface area contributed by atoms with Crippen molar-refractivity contribution in [3.05, 3.63) is 33.9 Å². The van der Waals surface area contributed by atoms with E-state index < -0.39 is 5.91 Å². The highest BCUT2D eigenvalue weighted by Crippen LogP contribution is 2.35. The van der Waals surface area contributed by atoms with Gasteiger partial charge in [0.25, 0.3) is 12.4 Å². The Bertz CT molecular complexity index is 883. The third-order valence-electron chi connectivity index (χ3n) is 5.34. The molecule has 170 valence electrons. The second-order valence-electron chi connectivity index (χ2n) is 7.35. The van der Waals surface area contributed by atoms with Crippen LogP contribution < -0.4 is 10.7 Å². The molecule has 3 amide bonds. The van der Waals surface area contributed by atoms with Gasteiger partial charge in [0.05, 0.1) is 18.6 Å². The van der Waals surface area contributed by atoms with Crippen molar-refractivity contribution < 1.29 is 33.8 Å². The number of aryl methyl sites for hydroxylation is 1. The monoisotopic (exact) mass is 437 g/mol. The van der Waals surface area contributed by atoms with E-state index >= 15 is 0 Å². The molecule has 0 aliphatic carbocycles. The lowest BCUT2D eigenvalue weighted by molar-refractivity contribution is -0.139. The second-order valence-corrected chi connectivity index (χ2v) is 7.35. The van der Waals surface area contributed by atoms with Crippen LogP contribution in [0.25, 0.3) is 0 Å². The first-order valence-corrected chi connectivity index (χ1v) is 9.95. The Balaban J connectivity index is 0.00000107. The fraction of sp³-hybridized carbons (Fsp3) is 0.550. The molecule has 0 spiro atoms. The van der Waals surface area contributed by atoms with Gasteiger partial charge >= 0.3 is 0 Å². The predicted octanol–water partition coefficient (Wildman–Crippen LogP) is -0.791. The van der Waals surface area contributed by atoms with Crippen molar-refractivity contribution in [2.45, 2.75) is 38.8 Å². The van der Waals surface area contributed by atoms with E-state index in [1.165, 1.54) is 11.0 Å². The molecule has 11 heteroatoms. The van der Waals surface area contributed by atoms with Crippen molar-refractivity contribution in [2.24, 2.45) is 5.92 Å². The van der Waals surface area contributed by atoms with Gasteiger partial charge in [-0.2, -0.15) is 0 Å². The van der Waals surface area contributed by atoms with E-state index in [9.17, 15) is 19.2 Å². The molecule has 11 nitrogen and oxygen atoms in total. The molecule has 2 aliphatic rings. The SMILES string of the molecule is CC[C@H]1[C@@H](C(=O)NCCO)C[C@H]2CN(C(=O)c3cc(=O)cc(C)o3)CC(=O)N21.O=CO. The van der Waals surface area contributed by atoms with Crippen molar-refractivity contribution in [3.63, 3.8) is 0 Å². The van der Waals surface area contributed by atoms with Gasteiger partial charge in [-0.3, -0.25) is 24.0 Å². The van der Waals surface area contributed by atoms with E-state index in [1.807, 2.05) is 6.92 Å². The minimum Gasteiger partial charge on any atom is -0.483 e. The Hall–Kier alpha value is -3.21. The van der Waals surface area contributed by atoms with Crippen LogP contribution in [-0.4, -0.2) is 82.5 Å². The summed E-state index contributed by atoms with van der Waals surface area (Å²) >= 11 is 0. The topological polar surface area (TPSA) is 157 Å². The van der Waals surface area contributed by atoms with Crippen molar-refractivity contribution in [3.8, 4) is 0 Å². The van der Waals surface area contributed by atoms with Crippen molar-refractivity contribution in [1.29, 1.82) is 0 Å². The first-order valence-electron chi connectivity index (χ1n) is 9.95. The zero-order valence-electron chi connectivity index (χ0n) is 17.4. The first kappa shape index (κ1) is 24.1. The molecular weight excluding hydrogens is 410 g/mol. The number of nitrogens with one attached hydrogen (secondary N) is 1. The molecule has 3 rings (SSSR count). The molecule has 2 aliphatic heterocycles. The number of carbonyl (C=O) groups excluding carboxylic acids is 3. The van der Waals surface area contributed by atoms with E-state index in [2.05, 4.69) is 5.32 Å². The molecule has 0 saturated carbocycles. The summed E-state index contributed by atoms with van der Waals surface area (Å²) in [5.74, 6) is -1.05. The standard InChI is InChI=1S/C19H25N3O6.CH2O2/c1-3-15-14(18(26)20-4-5-23)7-12-9-21(10-17(25)22(12)15)19(27)16-8-13(24)6-11(2)28-16;2-1-3/h6,8,12,14-15,23H,3-5,7,9-10H2,1-2H3,(H,20,26);1H,(H,2,3)/t12-,14-,15-;/m0./s1. The molecule has 31 heavy (non-hydrogen) atoms. The van der Waals surface area contributed by atoms with Gasteiger partial charge in [-0.1, -0.05) is 6.92 Å². The number of nitrogens with zero attached hydrogens (tertiary/aromatic N) is 2. The van der Waals surface area contributed by atoms with Crippen LogP contribution in [0.3, 0.4) is 0 Å². The molecule has 3 N–H and O–H groups in total. The van der Waals surface area contributed by atoms with Gasteiger partial charge in [-0.25, -0.2) is 0 Å². The summed E-state index contributed by atoms with van der Waals surface area (Å²) in [6.07, 6.45) is 1.07. The highest BCUT2D eigenvalue weighted by atomic mass is 16.4. The van der Waals surface area contributed by atoms with Crippen LogP contribution in [0.15, 0.2) is 21.3 Å². The van der Waals surface area contributed by atoms with E-state index in [0.29, 0.717) is 18.6 Å². The van der Waals surface area contributed by atoms with Crippen molar-refractivity contribution >= 4 is 24.2 Å². The lowest BCUT2D eigenvalue weighted by Gasteiger charge is -2.39. The molecule has 2 fully saturated rings. The number of piperazine rings is 1. The van der Waals surface area contributed by atoms with Gasteiger partial charge < -0.3 is 29.7 Å². The number of hydrogen-bond acceptors (Lipinski definition) is 7. The van der Waals surface area contributed by atoms with Crippen LogP contribution in [0.5, 0.6) is 0 Å². The quantitative estimate of drug-likeness (QED) is 0.506. The number of amides is 3. The predicted molar refractivity (Wildman–Crippen MR) is 107 cm³/mol. The van der Waals surface area contributed by atoms with E-state index in [4.69, 9.17) is 19.4 Å². The minimum absolute atomic E-state index is 0.0893. The van der Waals surface area contributed by atoms with E-state index in [-0.39, 0.29) is 73.7 Å². The minimum atomic E-state index is -0.505.